The normalized spacial score (nSPS) is 10.4. The summed E-state index contributed by atoms with van der Waals surface area (Å²) in [7, 11) is 1.58. The minimum absolute atomic E-state index is 0. The molecule has 18 heavy (non-hydrogen) atoms. The van der Waals surface area contributed by atoms with Crippen molar-refractivity contribution >= 4 is 86.5 Å². The molecule has 0 aliphatic rings. The number of methoxy groups -OCH3 is 1. The molecule has 1 aromatic heterocycles. The molecule has 0 aliphatic heterocycles. The van der Waals surface area contributed by atoms with E-state index < -0.39 is 0 Å². The van der Waals surface area contributed by atoms with E-state index in [9.17, 15) is 4.79 Å². The number of aromatic nitrogens is 2. The standard InChI is InChI=1S/C11H11ClN2O2S.K.H/c1-16-5-4-14-6-13-7-2-3-8(17)10(12)9(7)11(14)15;;/h2-3,6,17H,4-5H2,1H3;;. The SMILES string of the molecule is COCCn1cnc2ccc(S)c(Cl)c2c1=O.[KH]. The number of hydrogen-bond donors (Lipinski definition) is 1. The van der Waals surface area contributed by atoms with Crippen LogP contribution in [0.15, 0.2) is 28.2 Å². The molecule has 0 N–H and O–H groups in total. The summed E-state index contributed by atoms with van der Waals surface area (Å²) in [6.45, 7) is 0.899. The first-order chi connectivity index (χ1) is 8.15. The van der Waals surface area contributed by atoms with Gasteiger partial charge in [-0.15, -0.1) is 12.6 Å². The summed E-state index contributed by atoms with van der Waals surface area (Å²) >= 11 is 10.3. The van der Waals surface area contributed by atoms with Gasteiger partial charge in [0.1, 0.15) is 0 Å². The molecule has 0 radical (unpaired) electrons. The third-order valence-electron chi connectivity index (χ3n) is 2.45. The van der Waals surface area contributed by atoms with Gasteiger partial charge in [-0.05, 0) is 12.1 Å². The van der Waals surface area contributed by atoms with E-state index in [0.717, 1.165) is 0 Å². The van der Waals surface area contributed by atoms with Crippen LogP contribution in [0.4, 0.5) is 0 Å². The third kappa shape index (κ3) is 3.37. The van der Waals surface area contributed by atoms with E-state index in [1.807, 2.05) is 0 Å². The summed E-state index contributed by atoms with van der Waals surface area (Å²) in [5, 5.41) is 0.743. The molecule has 0 spiro atoms. The van der Waals surface area contributed by atoms with Crippen LogP contribution in [0.2, 0.25) is 5.02 Å². The monoisotopic (exact) mass is 310 g/mol. The Morgan fingerprint density at radius 2 is 2.22 bits per heavy atom. The van der Waals surface area contributed by atoms with Crippen molar-refractivity contribution in [1.82, 2.24) is 9.55 Å². The number of ether oxygens (including phenoxy) is 1. The van der Waals surface area contributed by atoms with Crippen molar-refractivity contribution in [3.05, 3.63) is 33.8 Å². The third-order valence-corrected chi connectivity index (χ3v) is 3.34. The van der Waals surface area contributed by atoms with E-state index in [4.69, 9.17) is 16.3 Å². The molecule has 1 heterocycles. The molecular weight excluding hydrogens is 299 g/mol. The van der Waals surface area contributed by atoms with E-state index in [0.29, 0.717) is 34.0 Å². The molecule has 92 valence electrons. The predicted molar refractivity (Wildman–Crippen MR) is 77.3 cm³/mol. The topological polar surface area (TPSA) is 44.1 Å². The van der Waals surface area contributed by atoms with Crippen LogP contribution in [0.5, 0.6) is 0 Å². The number of fused-ring (bicyclic) bond motifs is 1. The number of rotatable bonds is 3. The second kappa shape index (κ2) is 7.40. The second-order valence-corrected chi connectivity index (χ2v) is 4.39. The van der Waals surface area contributed by atoms with Crippen molar-refractivity contribution in [2.45, 2.75) is 11.4 Å². The predicted octanol–water partition coefficient (Wildman–Crippen LogP) is 1.34. The van der Waals surface area contributed by atoms with Gasteiger partial charge in [0.05, 0.1) is 35.4 Å². The number of benzene rings is 1. The van der Waals surface area contributed by atoms with Gasteiger partial charge in [-0.25, -0.2) is 4.98 Å². The summed E-state index contributed by atoms with van der Waals surface area (Å²) in [5.41, 5.74) is 0.402. The van der Waals surface area contributed by atoms with Gasteiger partial charge in [0.25, 0.3) is 5.56 Å². The van der Waals surface area contributed by atoms with Crippen LogP contribution in [0.3, 0.4) is 0 Å². The summed E-state index contributed by atoms with van der Waals surface area (Å²) in [6, 6.07) is 3.45. The van der Waals surface area contributed by atoms with Gasteiger partial charge in [-0.1, -0.05) is 11.6 Å². The van der Waals surface area contributed by atoms with E-state index in [2.05, 4.69) is 17.6 Å². The van der Waals surface area contributed by atoms with Crippen LogP contribution in [-0.4, -0.2) is 74.7 Å². The van der Waals surface area contributed by atoms with E-state index >= 15 is 0 Å². The van der Waals surface area contributed by atoms with Crippen LogP contribution in [0, 0.1) is 0 Å². The van der Waals surface area contributed by atoms with Crippen molar-refractivity contribution < 1.29 is 4.74 Å². The van der Waals surface area contributed by atoms with Gasteiger partial charge in [-0.3, -0.25) is 9.36 Å². The van der Waals surface area contributed by atoms with Gasteiger partial charge in [0.2, 0.25) is 0 Å². The fourth-order valence-corrected chi connectivity index (χ4v) is 1.97. The average Bonchev–Trinajstić information content (AvgIpc) is 2.33. The summed E-state index contributed by atoms with van der Waals surface area (Å²) in [4.78, 5) is 16.9. The zero-order valence-corrected chi connectivity index (χ0v) is 10.8. The average molecular weight is 311 g/mol. The Morgan fingerprint density at radius 1 is 1.50 bits per heavy atom. The van der Waals surface area contributed by atoms with Crippen molar-refractivity contribution in [3.8, 4) is 0 Å². The van der Waals surface area contributed by atoms with Crippen molar-refractivity contribution in [2.24, 2.45) is 0 Å². The van der Waals surface area contributed by atoms with Gasteiger partial charge in [0.15, 0.2) is 0 Å². The Kier molecular flexibility index (Phi) is 6.84. The Labute approximate surface area is 158 Å². The molecule has 0 bridgehead atoms. The van der Waals surface area contributed by atoms with Crippen LogP contribution < -0.4 is 5.56 Å². The van der Waals surface area contributed by atoms with E-state index in [1.165, 1.54) is 10.9 Å². The molecule has 2 rings (SSSR count). The Bertz CT molecular complexity index is 618. The number of thiol groups is 1. The summed E-state index contributed by atoms with van der Waals surface area (Å²) in [6.07, 6.45) is 1.50. The molecule has 0 fully saturated rings. The molecule has 0 saturated heterocycles. The summed E-state index contributed by atoms with van der Waals surface area (Å²) in [5.74, 6) is 0. The molecule has 0 saturated carbocycles. The second-order valence-electron chi connectivity index (χ2n) is 3.53. The Hall–Kier alpha value is 0.596. The van der Waals surface area contributed by atoms with Crippen LogP contribution in [0.25, 0.3) is 10.9 Å². The van der Waals surface area contributed by atoms with Crippen LogP contribution in [-0.2, 0) is 11.3 Å². The van der Waals surface area contributed by atoms with Gasteiger partial charge < -0.3 is 4.74 Å². The van der Waals surface area contributed by atoms with Gasteiger partial charge >= 0.3 is 51.4 Å². The first-order valence-corrected chi connectivity index (χ1v) is 5.83. The number of halogens is 1. The van der Waals surface area contributed by atoms with E-state index in [1.54, 1.807) is 19.2 Å². The molecule has 2 aromatic rings. The molecule has 1 aromatic carbocycles. The Morgan fingerprint density at radius 3 is 2.89 bits per heavy atom. The minimum atomic E-state index is -0.173. The molecule has 0 amide bonds. The van der Waals surface area contributed by atoms with Crippen molar-refractivity contribution in [3.63, 3.8) is 0 Å². The molecular formula is C11H12ClKN2O2S. The quantitative estimate of drug-likeness (QED) is 0.687. The first-order valence-electron chi connectivity index (χ1n) is 5.00. The molecule has 0 atom stereocenters. The van der Waals surface area contributed by atoms with Gasteiger partial charge in [0, 0.05) is 12.0 Å². The molecule has 4 nitrogen and oxygen atoms in total. The Balaban J connectivity index is 0.00000162. The number of hydrogen-bond acceptors (Lipinski definition) is 4. The zero-order valence-electron chi connectivity index (χ0n) is 9.18. The maximum atomic E-state index is 12.2. The fraction of sp³-hybridized carbons (Fsp3) is 0.273. The van der Waals surface area contributed by atoms with Gasteiger partial charge in [-0.2, -0.15) is 0 Å². The summed E-state index contributed by atoms with van der Waals surface area (Å²) < 4.78 is 6.41. The molecule has 0 unspecified atom stereocenters. The first kappa shape index (κ1) is 16.7. The fourth-order valence-electron chi connectivity index (χ4n) is 1.54. The zero-order chi connectivity index (χ0) is 12.4. The van der Waals surface area contributed by atoms with Crippen molar-refractivity contribution in [1.29, 1.82) is 0 Å². The molecule has 7 heteroatoms. The van der Waals surface area contributed by atoms with E-state index in [-0.39, 0.29) is 56.9 Å². The molecule has 0 aliphatic carbocycles. The number of nitrogens with zero attached hydrogens (tertiary/aromatic N) is 2. The van der Waals surface area contributed by atoms with Crippen LogP contribution >= 0.6 is 24.2 Å². The van der Waals surface area contributed by atoms with Crippen molar-refractivity contribution in [2.75, 3.05) is 13.7 Å². The maximum absolute atomic E-state index is 12.2. The van der Waals surface area contributed by atoms with Crippen LogP contribution in [0.1, 0.15) is 0 Å².